The van der Waals surface area contributed by atoms with E-state index in [9.17, 15) is 0 Å². The van der Waals surface area contributed by atoms with Crippen LogP contribution in [-0.4, -0.2) is 4.98 Å². The first-order chi connectivity index (χ1) is 10.1. The Balaban J connectivity index is 1.86. The molecular formula is C16H11BrCl2N2. The van der Waals surface area contributed by atoms with Crippen LogP contribution in [0.15, 0.2) is 53.1 Å². The Kier molecular flexibility index (Phi) is 4.34. The summed E-state index contributed by atoms with van der Waals surface area (Å²) in [6.45, 7) is 0.660. The van der Waals surface area contributed by atoms with Crippen LogP contribution in [0.2, 0.25) is 10.0 Å². The lowest BCUT2D eigenvalue weighted by molar-refractivity contribution is 1.15. The number of halogens is 3. The van der Waals surface area contributed by atoms with E-state index in [0.29, 0.717) is 16.6 Å². The number of hydrogen-bond acceptors (Lipinski definition) is 2. The predicted octanol–water partition coefficient (Wildman–Crippen LogP) is 5.92. The minimum atomic E-state index is 0.566. The summed E-state index contributed by atoms with van der Waals surface area (Å²) in [7, 11) is 0. The van der Waals surface area contributed by atoms with Crippen molar-refractivity contribution in [1.29, 1.82) is 0 Å². The Labute approximate surface area is 141 Å². The van der Waals surface area contributed by atoms with Gasteiger partial charge in [-0.2, -0.15) is 0 Å². The molecular weight excluding hydrogens is 371 g/mol. The van der Waals surface area contributed by atoms with Crippen LogP contribution in [0, 0.1) is 0 Å². The first-order valence-corrected chi connectivity index (χ1v) is 7.90. The van der Waals surface area contributed by atoms with Crippen LogP contribution in [0.4, 0.5) is 5.69 Å². The molecule has 0 aliphatic rings. The molecule has 0 amide bonds. The topological polar surface area (TPSA) is 24.9 Å². The maximum absolute atomic E-state index is 6.03. The maximum Gasteiger partial charge on any atom is 0.0934 e. The number of fused-ring (bicyclic) bond motifs is 1. The van der Waals surface area contributed by atoms with Gasteiger partial charge < -0.3 is 5.32 Å². The van der Waals surface area contributed by atoms with Crippen molar-refractivity contribution < 1.29 is 0 Å². The van der Waals surface area contributed by atoms with E-state index in [0.717, 1.165) is 26.6 Å². The Morgan fingerprint density at radius 2 is 1.90 bits per heavy atom. The number of nitrogens with one attached hydrogen (secondary N) is 1. The van der Waals surface area contributed by atoms with Gasteiger partial charge in [-0.1, -0.05) is 41.4 Å². The molecule has 1 N–H and O–H groups in total. The number of nitrogens with zero attached hydrogens (tertiary/aromatic N) is 1. The zero-order valence-corrected chi connectivity index (χ0v) is 14.0. The number of para-hydroxylation sites is 1. The van der Waals surface area contributed by atoms with E-state index in [1.807, 2.05) is 36.4 Å². The second kappa shape index (κ2) is 6.22. The zero-order valence-electron chi connectivity index (χ0n) is 10.9. The van der Waals surface area contributed by atoms with E-state index in [1.165, 1.54) is 0 Å². The van der Waals surface area contributed by atoms with Crippen molar-refractivity contribution in [3.63, 3.8) is 0 Å². The number of anilines is 1. The first-order valence-electron chi connectivity index (χ1n) is 6.35. The third-order valence-corrected chi connectivity index (χ3v) is 4.32. The Hall–Kier alpha value is -1.29. The van der Waals surface area contributed by atoms with Crippen LogP contribution in [-0.2, 0) is 6.54 Å². The summed E-state index contributed by atoms with van der Waals surface area (Å²) in [6.07, 6.45) is 1.80. The molecule has 3 aromatic rings. The molecule has 106 valence electrons. The highest BCUT2D eigenvalue weighted by Crippen LogP contribution is 2.26. The third kappa shape index (κ3) is 3.31. The van der Waals surface area contributed by atoms with Crippen molar-refractivity contribution >= 4 is 55.7 Å². The van der Waals surface area contributed by atoms with Crippen molar-refractivity contribution in [2.75, 3.05) is 5.32 Å². The fourth-order valence-electron chi connectivity index (χ4n) is 2.12. The average Bonchev–Trinajstić information content (AvgIpc) is 2.48. The number of hydrogen-bond donors (Lipinski definition) is 1. The third-order valence-electron chi connectivity index (χ3n) is 3.14. The largest absolute Gasteiger partial charge is 0.379 e. The van der Waals surface area contributed by atoms with Gasteiger partial charge >= 0.3 is 0 Å². The maximum atomic E-state index is 6.03. The summed E-state index contributed by atoms with van der Waals surface area (Å²) in [5.74, 6) is 0. The number of rotatable bonds is 3. The molecule has 5 heteroatoms. The second-order valence-electron chi connectivity index (χ2n) is 4.63. The van der Waals surface area contributed by atoms with Gasteiger partial charge in [-0.25, -0.2) is 0 Å². The summed E-state index contributed by atoms with van der Waals surface area (Å²) >= 11 is 15.4. The van der Waals surface area contributed by atoms with Gasteiger partial charge in [-0.15, -0.1) is 0 Å². The minimum absolute atomic E-state index is 0.566. The lowest BCUT2D eigenvalue weighted by Crippen LogP contribution is -2.00. The molecule has 1 heterocycles. The molecule has 0 aliphatic carbocycles. The highest BCUT2D eigenvalue weighted by Gasteiger charge is 2.04. The molecule has 0 unspecified atom stereocenters. The summed E-state index contributed by atoms with van der Waals surface area (Å²) in [4.78, 5) is 4.47. The molecule has 0 fully saturated rings. The smallest absolute Gasteiger partial charge is 0.0934 e. The van der Waals surface area contributed by atoms with E-state index in [-0.39, 0.29) is 0 Å². The van der Waals surface area contributed by atoms with Crippen molar-refractivity contribution in [2.24, 2.45) is 0 Å². The molecule has 21 heavy (non-hydrogen) atoms. The van der Waals surface area contributed by atoms with Crippen LogP contribution in [0.1, 0.15) is 5.56 Å². The molecule has 0 radical (unpaired) electrons. The van der Waals surface area contributed by atoms with E-state index in [4.69, 9.17) is 23.2 Å². The normalized spacial score (nSPS) is 10.8. The molecule has 2 aromatic carbocycles. The molecule has 2 nitrogen and oxygen atoms in total. The standard InChI is InChI=1S/C16H11BrCl2N2/c17-12-7-11-2-1-3-15(16(11)21-9-12)20-8-10-4-5-13(18)14(19)6-10/h1-7,9,20H,8H2. The minimum Gasteiger partial charge on any atom is -0.379 e. The monoisotopic (exact) mass is 380 g/mol. The number of benzene rings is 2. The van der Waals surface area contributed by atoms with Crippen molar-refractivity contribution in [3.05, 3.63) is 68.7 Å². The van der Waals surface area contributed by atoms with Gasteiger partial charge in [-0.3, -0.25) is 4.98 Å². The first kappa shape index (κ1) is 14.6. The molecule has 0 atom stereocenters. The van der Waals surface area contributed by atoms with Gasteiger partial charge in [0.2, 0.25) is 0 Å². The van der Waals surface area contributed by atoms with Gasteiger partial charge in [0.1, 0.15) is 0 Å². The molecule has 0 aliphatic heterocycles. The van der Waals surface area contributed by atoms with E-state index in [2.05, 4.69) is 26.2 Å². The fourth-order valence-corrected chi connectivity index (χ4v) is 2.79. The molecule has 1 aromatic heterocycles. The van der Waals surface area contributed by atoms with Crippen molar-refractivity contribution in [1.82, 2.24) is 4.98 Å². The lowest BCUT2D eigenvalue weighted by Gasteiger charge is -2.10. The summed E-state index contributed by atoms with van der Waals surface area (Å²) in [5.41, 5.74) is 3.00. The van der Waals surface area contributed by atoms with Crippen molar-refractivity contribution in [2.45, 2.75) is 6.54 Å². The highest BCUT2D eigenvalue weighted by molar-refractivity contribution is 9.10. The van der Waals surface area contributed by atoms with Gasteiger partial charge in [0.15, 0.2) is 0 Å². The predicted molar refractivity (Wildman–Crippen MR) is 93.2 cm³/mol. The molecule has 0 saturated heterocycles. The number of aromatic nitrogens is 1. The van der Waals surface area contributed by atoms with Crippen LogP contribution in [0.25, 0.3) is 10.9 Å². The van der Waals surface area contributed by atoms with Gasteiger partial charge in [0.05, 0.1) is 21.2 Å². The van der Waals surface area contributed by atoms with E-state index in [1.54, 1.807) is 12.3 Å². The zero-order chi connectivity index (χ0) is 14.8. The Morgan fingerprint density at radius 1 is 1.05 bits per heavy atom. The summed E-state index contributed by atoms with van der Waals surface area (Å²) in [5, 5.41) is 5.61. The van der Waals surface area contributed by atoms with Gasteiger partial charge in [0.25, 0.3) is 0 Å². The van der Waals surface area contributed by atoms with E-state index < -0.39 is 0 Å². The summed E-state index contributed by atoms with van der Waals surface area (Å²) in [6, 6.07) is 13.7. The van der Waals surface area contributed by atoms with Gasteiger partial charge in [-0.05, 0) is 45.8 Å². The molecule has 0 saturated carbocycles. The van der Waals surface area contributed by atoms with Crippen LogP contribution >= 0.6 is 39.1 Å². The molecule has 0 spiro atoms. The molecule has 0 bridgehead atoms. The lowest BCUT2D eigenvalue weighted by atomic mass is 10.1. The van der Waals surface area contributed by atoms with Crippen LogP contribution < -0.4 is 5.32 Å². The van der Waals surface area contributed by atoms with Gasteiger partial charge in [0, 0.05) is 22.6 Å². The van der Waals surface area contributed by atoms with E-state index >= 15 is 0 Å². The SMILES string of the molecule is Clc1ccc(CNc2cccc3cc(Br)cnc23)cc1Cl. The molecule has 3 rings (SSSR count). The second-order valence-corrected chi connectivity index (χ2v) is 6.36. The van der Waals surface area contributed by atoms with Crippen LogP contribution in [0.5, 0.6) is 0 Å². The Morgan fingerprint density at radius 3 is 2.71 bits per heavy atom. The van der Waals surface area contributed by atoms with Crippen LogP contribution in [0.3, 0.4) is 0 Å². The quantitative estimate of drug-likeness (QED) is 0.609. The Bertz CT molecular complexity index is 805. The number of pyridine rings is 1. The fraction of sp³-hybridized carbons (Fsp3) is 0.0625. The summed E-state index contributed by atoms with van der Waals surface area (Å²) < 4.78 is 0.969. The van der Waals surface area contributed by atoms with Crippen molar-refractivity contribution in [3.8, 4) is 0 Å². The average molecular weight is 382 g/mol. The highest BCUT2D eigenvalue weighted by atomic mass is 79.9.